The zero-order chi connectivity index (χ0) is 10.0. The molecule has 0 amide bonds. The number of aromatic nitrogens is 1. The SMILES string of the molecule is COC(=O)c1cc([N+](=O)[O-])cn1N. The van der Waals surface area contributed by atoms with Crippen LogP contribution in [0.1, 0.15) is 10.5 Å². The fraction of sp³-hybridized carbons (Fsp3) is 0.167. The summed E-state index contributed by atoms with van der Waals surface area (Å²) in [7, 11) is 1.17. The van der Waals surface area contributed by atoms with Gasteiger partial charge in [0, 0.05) is 0 Å². The number of rotatable bonds is 2. The molecular formula is C6H7N3O4. The van der Waals surface area contributed by atoms with E-state index < -0.39 is 10.9 Å². The number of carbonyl (C=O) groups excluding carboxylic acids is 1. The minimum Gasteiger partial charge on any atom is -0.464 e. The molecule has 13 heavy (non-hydrogen) atoms. The Kier molecular flexibility index (Phi) is 2.18. The smallest absolute Gasteiger partial charge is 0.356 e. The lowest BCUT2D eigenvalue weighted by Crippen LogP contribution is -2.15. The number of methoxy groups -OCH3 is 1. The van der Waals surface area contributed by atoms with Crippen LogP contribution in [0.4, 0.5) is 5.69 Å². The van der Waals surface area contributed by atoms with Crippen molar-refractivity contribution in [1.29, 1.82) is 0 Å². The van der Waals surface area contributed by atoms with E-state index in [9.17, 15) is 14.9 Å². The molecule has 1 aromatic rings. The average molecular weight is 185 g/mol. The highest BCUT2D eigenvalue weighted by Gasteiger charge is 2.18. The van der Waals surface area contributed by atoms with Crippen molar-refractivity contribution in [2.75, 3.05) is 13.0 Å². The molecule has 0 fully saturated rings. The van der Waals surface area contributed by atoms with E-state index in [4.69, 9.17) is 5.84 Å². The van der Waals surface area contributed by atoms with E-state index in [1.54, 1.807) is 0 Å². The summed E-state index contributed by atoms with van der Waals surface area (Å²) in [6.45, 7) is 0. The van der Waals surface area contributed by atoms with Gasteiger partial charge in [0.15, 0.2) is 5.69 Å². The molecule has 0 radical (unpaired) electrons. The van der Waals surface area contributed by atoms with Crippen LogP contribution in [0.3, 0.4) is 0 Å². The predicted molar refractivity (Wildman–Crippen MR) is 42.6 cm³/mol. The van der Waals surface area contributed by atoms with Gasteiger partial charge in [-0.25, -0.2) is 4.79 Å². The van der Waals surface area contributed by atoms with Gasteiger partial charge in [-0.1, -0.05) is 0 Å². The van der Waals surface area contributed by atoms with Crippen LogP contribution in [0.2, 0.25) is 0 Å². The van der Waals surface area contributed by atoms with E-state index in [2.05, 4.69) is 4.74 Å². The number of carbonyl (C=O) groups is 1. The summed E-state index contributed by atoms with van der Waals surface area (Å²) in [5, 5.41) is 10.3. The van der Waals surface area contributed by atoms with E-state index in [1.807, 2.05) is 0 Å². The molecule has 7 nitrogen and oxygen atoms in total. The van der Waals surface area contributed by atoms with E-state index in [0.717, 1.165) is 16.9 Å². The van der Waals surface area contributed by atoms with Crippen molar-refractivity contribution in [2.24, 2.45) is 0 Å². The minimum atomic E-state index is -0.712. The lowest BCUT2D eigenvalue weighted by molar-refractivity contribution is -0.384. The van der Waals surface area contributed by atoms with Gasteiger partial charge >= 0.3 is 5.97 Å². The Balaban J connectivity index is 3.10. The van der Waals surface area contributed by atoms with Gasteiger partial charge in [-0.15, -0.1) is 0 Å². The lowest BCUT2D eigenvalue weighted by Gasteiger charge is -1.97. The van der Waals surface area contributed by atoms with E-state index in [1.165, 1.54) is 7.11 Å². The molecule has 0 aromatic carbocycles. The van der Waals surface area contributed by atoms with Gasteiger partial charge in [-0.3, -0.25) is 14.8 Å². The van der Waals surface area contributed by atoms with Gasteiger partial charge < -0.3 is 10.6 Å². The molecule has 0 bridgehead atoms. The summed E-state index contributed by atoms with van der Waals surface area (Å²) in [6.07, 6.45) is 1.03. The Bertz CT molecular complexity index is 357. The van der Waals surface area contributed by atoms with Crippen molar-refractivity contribution < 1.29 is 14.5 Å². The van der Waals surface area contributed by atoms with Gasteiger partial charge in [-0.05, 0) is 0 Å². The van der Waals surface area contributed by atoms with Crippen LogP contribution in [0.5, 0.6) is 0 Å². The summed E-state index contributed by atoms with van der Waals surface area (Å²) in [6, 6.07) is 1.05. The summed E-state index contributed by atoms with van der Waals surface area (Å²) in [4.78, 5) is 20.5. The quantitative estimate of drug-likeness (QED) is 0.300. The summed E-state index contributed by atoms with van der Waals surface area (Å²) >= 11 is 0. The maximum atomic E-state index is 10.9. The molecule has 1 heterocycles. The van der Waals surface area contributed by atoms with Crippen LogP contribution in [-0.2, 0) is 4.74 Å². The molecule has 7 heteroatoms. The van der Waals surface area contributed by atoms with Gasteiger partial charge in [0.1, 0.15) is 6.20 Å². The van der Waals surface area contributed by atoms with Crippen molar-refractivity contribution in [3.8, 4) is 0 Å². The second-order valence-corrected chi connectivity index (χ2v) is 2.24. The third kappa shape index (κ3) is 1.58. The highest BCUT2D eigenvalue weighted by Crippen LogP contribution is 2.14. The zero-order valence-electron chi connectivity index (χ0n) is 6.76. The Morgan fingerprint density at radius 2 is 2.38 bits per heavy atom. The fourth-order valence-corrected chi connectivity index (χ4v) is 0.833. The number of nitrogen functional groups attached to an aromatic ring is 1. The van der Waals surface area contributed by atoms with Gasteiger partial charge in [-0.2, -0.15) is 0 Å². The molecule has 0 unspecified atom stereocenters. The Hall–Kier alpha value is -2.05. The Morgan fingerprint density at radius 3 is 2.77 bits per heavy atom. The topological polar surface area (TPSA) is 100 Å². The first kappa shape index (κ1) is 9.04. The number of ether oxygens (including phenoxy) is 1. The third-order valence-corrected chi connectivity index (χ3v) is 1.44. The standard InChI is InChI=1S/C6H7N3O4/c1-13-6(10)5-2-4(9(11)12)3-8(5)7/h2-3H,7H2,1H3. The number of nitrogens with two attached hydrogens (primary N) is 1. The molecule has 1 aromatic heterocycles. The molecule has 0 saturated carbocycles. The van der Waals surface area contributed by atoms with E-state index in [-0.39, 0.29) is 11.4 Å². The van der Waals surface area contributed by atoms with Crippen LogP contribution in [0.25, 0.3) is 0 Å². The molecule has 1 rings (SSSR count). The Morgan fingerprint density at radius 1 is 1.77 bits per heavy atom. The summed E-state index contributed by atoms with van der Waals surface area (Å²) in [5.41, 5.74) is -0.308. The number of nitrogens with zero attached hydrogens (tertiary/aromatic N) is 2. The number of nitro groups is 1. The molecule has 0 saturated heterocycles. The van der Waals surface area contributed by atoms with Crippen molar-refractivity contribution in [2.45, 2.75) is 0 Å². The van der Waals surface area contributed by atoms with Crippen LogP contribution >= 0.6 is 0 Å². The molecule has 0 aliphatic heterocycles. The predicted octanol–water partition coefficient (Wildman–Crippen LogP) is -0.103. The summed E-state index contributed by atoms with van der Waals surface area (Å²) < 4.78 is 5.20. The fourth-order valence-electron chi connectivity index (χ4n) is 0.833. The number of hydrogen-bond acceptors (Lipinski definition) is 5. The average Bonchev–Trinajstić information content (AvgIpc) is 2.46. The van der Waals surface area contributed by atoms with Crippen LogP contribution < -0.4 is 5.84 Å². The molecule has 0 spiro atoms. The lowest BCUT2D eigenvalue weighted by atomic mass is 10.4. The van der Waals surface area contributed by atoms with Crippen molar-refractivity contribution in [1.82, 2.24) is 4.68 Å². The minimum absolute atomic E-state index is 0.0609. The van der Waals surface area contributed by atoms with E-state index >= 15 is 0 Å². The van der Waals surface area contributed by atoms with Crippen molar-refractivity contribution in [3.63, 3.8) is 0 Å². The first-order valence-electron chi connectivity index (χ1n) is 3.26. The molecule has 0 atom stereocenters. The van der Waals surface area contributed by atoms with Gasteiger partial charge in [0.05, 0.1) is 18.1 Å². The van der Waals surface area contributed by atoms with Crippen LogP contribution in [-0.4, -0.2) is 22.7 Å². The van der Waals surface area contributed by atoms with Crippen LogP contribution in [0, 0.1) is 10.1 Å². The molecule has 0 aliphatic rings. The van der Waals surface area contributed by atoms with Gasteiger partial charge in [0.2, 0.25) is 0 Å². The first-order chi connectivity index (χ1) is 6.06. The van der Waals surface area contributed by atoms with Crippen molar-refractivity contribution in [3.05, 3.63) is 28.1 Å². The normalized spacial score (nSPS) is 9.62. The summed E-state index contributed by atoms with van der Waals surface area (Å²) in [5.74, 6) is 4.55. The van der Waals surface area contributed by atoms with Crippen molar-refractivity contribution >= 4 is 11.7 Å². The molecule has 0 aliphatic carbocycles. The molecule has 70 valence electrons. The number of hydrogen-bond donors (Lipinski definition) is 1. The van der Waals surface area contributed by atoms with Crippen LogP contribution in [0.15, 0.2) is 12.3 Å². The highest BCUT2D eigenvalue weighted by molar-refractivity contribution is 5.88. The van der Waals surface area contributed by atoms with Gasteiger partial charge in [0.25, 0.3) is 5.69 Å². The Labute approximate surface area is 72.8 Å². The second-order valence-electron chi connectivity index (χ2n) is 2.24. The largest absolute Gasteiger partial charge is 0.464 e. The maximum absolute atomic E-state index is 10.9. The second kappa shape index (κ2) is 3.13. The third-order valence-electron chi connectivity index (χ3n) is 1.44. The van der Waals surface area contributed by atoms with E-state index in [0.29, 0.717) is 0 Å². The monoisotopic (exact) mass is 185 g/mol. The maximum Gasteiger partial charge on any atom is 0.356 e. The first-order valence-corrected chi connectivity index (χ1v) is 3.26. The number of esters is 1. The molecular weight excluding hydrogens is 178 g/mol. The molecule has 2 N–H and O–H groups in total. The highest BCUT2D eigenvalue weighted by atomic mass is 16.6. The zero-order valence-corrected chi connectivity index (χ0v) is 6.76.